The molecule has 1 atom stereocenters. The number of hydrogen-bond donors (Lipinski definition) is 2. The van der Waals surface area contributed by atoms with Crippen LogP contribution in [0.25, 0.3) is 5.69 Å². The molecule has 156 valence electrons. The molecule has 1 heterocycles. The van der Waals surface area contributed by atoms with Crippen molar-refractivity contribution in [3.8, 4) is 5.69 Å². The smallest absolute Gasteiger partial charge is 0.321 e. The molecule has 0 fully saturated rings. The van der Waals surface area contributed by atoms with E-state index in [-0.39, 0.29) is 5.91 Å². The van der Waals surface area contributed by atoms with E-state index in [2.05, 4.69) is 33.8 Å². The molecule has 0 spiro atoms. The summed E-state index contributed by atoms with van der Waals surface area (Å²) in [5, 5.41) is 13.6. The van der Waals surface area contributed by atoms with Crippen LogP contribution in [0.15, 0.2) is 53.7 Å². The number of aromatic nitrogens is 3. The average Bonchev–Trinajstić information content (AvgIpc) is 3.10. The van der Waals surface area contributed by atoms with Gasteiger partial charge in [0.05, 0.1) is 10.9 Å². The number of hydrogen-bond acceptors (Lipinski definition) is 5. The number of nitrogens with one attached hydrogen (secondary N) is 2. The molecule has 3 rings (SSSR count). The summed E-state index contributed by atoms with van der Waals surface area (Å²) in [6, 6.07) is 15.7. The number of carbonyl (C=O) groups excluding carboxylic acids is 2. The van der Waals surface area contributed by atoms with Crippen molar-refractivity contribution in [2.75, 3.05) is 7.05 Å². The van der Waals surface area contributed by atoms with E-state index in [9.17, 15) is 9.59 Å². The summed E-state index contributed by atoms with van der Waals surface area (Å²) in [5.41, 5.74) is 4.35. The minimum atomic E-state index is -0.534. The van der Waals surface area contributed by atoms with Crippen LogP contribution in [0.4, 0.5) is 4.79 Å². The molecular weight excluding hydrogens is 398 g/mol. The maximum absolute atomic E-state index is 12.3. The van der Waals surface area contributed by atoms with Gasteiger partial charge >= 0.3 is 6.03 Å². The number of carbonyl (C=O) groups is 2. The Morgan fingerprint density at radius 1 is 1.10 bits per heavy atom. The lowest BCUT2D eigenvalue weighted by molar-refractivity contribution is -0.119. The summed E-state index contributed by atoms with van der Waals surface area (Å²) in [6.45, 7) is 5.83. The van der Waals surface area contributed by atoms with Gasteiger partial charge in [0, 0.05) is 13.5 Å². The second kappa shape index (κ2) is 9.58. The molecule has 0 aliphatic carbocycles. The number of imide groups is 1. The van der Waals surface area contributed by atoms with Crippen molar-refractivity contribution in [1.29, 1.82) is 0 Å². The second-order valence-electron chi connectivity index (χ2n) is 7.01. The summed E-state index contributed by atoms with van der Waals surface area (Å²) in [4.78, 5) is 23.8. The van der Waals surface area contributed by atoms with Crippen molar-refractivity contribution in [3.63, 3.8) is 0 Å². The summed E-state index contributed by atoms with van der Waals surface area (Å²) in [7, 11) is 1.47. The minimum Gasteiger partial charge on any atom is -0.341 e. The fourth-order valence-electron chi connectivity index (χ4n) is 3.06. The van der Waals surface area contributed by atoms with Crippen molar-refractivity contribution in [3.05, 3.63) is 71.0 Å². The van der Waals surface area contributed by atoms with E-state index in [4.69, 9.17) is 0 Å². The lowest BCUT2D eigenvalue weighted by Gasteiger charge is -2.15. The van der Waals surface area contributed by atoms with Gasteiger partial charge in [0.1, 0.15) is 5.82 Å². The molecule has 1 aromatic heterocycles. The SMILES string of the molecule is CNC(=O)NC(=O)C(C)Sc1nnc(Cc2ccccc2)n1-c1ccc(C)cc1C. The predicted octanol–water partition coefficient (Wildman–Crippen LogP) is 3.41. The molecule has 0 saturated heterocycles. The highest BCUT2D eigenvalue weighted by molar-refractivity contribution is 8.00. The van der Waals surface area contributed by atoms with Crippen molar-refractivity contribution >= 4 is 23.7 Å². The molecule has 1 unspecified atom stereocenters. The lowest BCUT2D eigenvalue weighted by Crippen LogP contribution is -2.41. The molecule has 7 nitrogen and oxygen atoms in total. The Labute approximate surface area is 180 Å². The Balaban J connectivity index is 1.96. The quantitative estimate of drug-likeness (QED) is 0.593. The first-order chi connectivity index (χ1) is 14.4. The van der Waals surface area contributed by atoms with E-state index < -0.39 is 11.3 Å². The number of rotatable bonds is 6. The molecule has 0 bridgehead atoms. The van der Waals surface area contributed by atoms with E-state index in [1.165, 1.54) is 24.4 Å². The van der Waals surface area contributed by atoms with Gasteiger partial charge in [0.2, 0.25) is 5.91 Å². The van der Waals surface area contributed by atoms with Crippen LogP contribution < -0.4 is 10.6 Å². The molecule has 0 aliphatic heterocycles. The van der Waals surface area contributed by atoms with E-state index in [0.29, 0.717) is 11.6 Å². The van der Waals surface area contributed by atoms with E-state index in [0.717, 1.165) is 22.6 Å². The molecule has 3 amide bonds. The fourth-order valence-corrected chi connectivity index (χ4v) is 3.93. The number of amides is 3. The highest BCUT2D eigenvalue weighted by Crippen LogP contribution is 2.28. The number of thioether (sulfide) groups is 1. The van der Waals surface area contributed by atoms with E-state index in [1.54, 1.807) is 6.92 Å². The Hall–Kier alpha value is -3.13. The molecule has 3 aromatic rings. The minimum absolute atomic E-state index is 0.390. The highest BCUT2D eigenvalue weighted by Gasteiger charge is 2.23. The van der Waals surface area contributed by atoms with Gasteiger partial charge in [0.15, 0.2) is 5.16 Å². The van der Waals surface area contributed by atoms with Gasteiger partial charge in [-0.25, -0.2) is 4.79 Å². The summed E-state index contributed by atoms with van der Waals surface area (Å²) >= 11 is 1.27. The first-order valence-corrected chi connectivity index (χ1v) is 10.5. The Morgan fingerprint density at radius 3 is 2.50 bits per heavy atom. The predicted molar refractivity (Wildman–Crippen MR) is 118 cm³/mol. The van der Waals surface area contributed by atoms with Crippen molar-refractivity contribution < 1.29 is 9.59 Å². The largest absolute Gasteiger partial charge is 0.341 e. The third-order valence-corrected chi connectivity index (χ3v) is 5.66. The van der Waals surface area contributed by atoms with Gasteiger partial charge in [-0.1, -0.05) is 59.8 Å². The molecule has 0 saturated carbocycles. The summed E-state index contributed by atoms with van der Waals surface area (Å²) in [5.74, 6) is 0.397. The zero-order valence-corrected chi connectivity index (χ0v) is 18.3. The van der Waals surface area contributed by atoms with E-state index >= 15 is 0 Å². The Morgan fingerprint density at radius 2 is 1.83 bits per heavy atom. The van der Waals surface area contributed by atoms with Crippen LogP contribution in [0.3, 0.4) is 0 Å². The average molecular weight is 424 g/mol. The van der Waals surface area contributed by atoms with Gasteiger partial charge in [0.25, 0.3) is 0 Å². The molecule has 2 N–H and O–H groups in total. The lowest BCUT2D eigenvalue weighted by atomic mass is 10.1. The number of nitrogens with zero attached hydrogens (tertiary/aromatic N) is 3. The van der Waals surface area contributed by atoms with Crippen molar-refractivity contribution in [2.45, 2.75) is 37.6 Å². The molecular formula is C22H25N5O2S. The van der Waals surface area contributed by atoms with Crippen LogP contribution in [-0.2, 0) is 11.2 Å². The van der Waals surface area contributed by atoms with Crippen molar-refractivity contribution in [2.24, 2.45) is 0 Å². The summed E-state index contributed by atoms with van der Waals surface area (Å²) in [6.07, 6.45) is 0.612. The number of urea groups is 1. The zero-order chi connectivity index (χ0) is 21.7. The summed E-state index contributed by atoms with van der Waals surface area (Å²) < 4.78 is 2.00. The van der Waals surface area contributed by atoms with Gasteiger partial charge in [-0.05, 0) is 38.0 Å². The highest BCUT2D eigenvalue weighted by atomic mass is 32.2. The maximum Gasteiger partial charge on any atom is 0.321 e. The number of aryl methyl sites for hydroxylation is 2. The second-order valence-corrected chi connectivity index (χ2v) is 8.32. The van der Waals surface area contributed by atoms with Crippen LogP contribution in [0.5, 0.6) is 0 Å². The first-order valence-electron chi connectivity index (χ1n) is 9.64. The standard InChI is InChI=1S/C22H25N5O2S/c1-14-10-11-18(15(2)12-14)27-19(13-17-8-6-5-7-9-17)25-26-22(27)30-16(3)20(28)24-21(29)23-4/h5-12,16H,13H2,1-4H3,(H2,23,24,28,29). The molecule has 0 radical (unpaired) electrons. The zero-order valence-electron chi connectivity index (χ0n) is 17.5. The van der Waals surface area contributed by atoms with Crippen LogP contribution in [0, 0.1) is 13.8 Å². The third-order valence-electron chi connectivity index (χ3n) is 4.61. The molecule has 8 heteroatoms. The van der Waals surface area contributed by atoms with E-state index in [1.807, 2.05) is 54.0 Å². The molecule has 0 aliphatic rings. The van der Waals surface area contributed by atoms with Crippen LogP contribution in [0.2, 0.25) is 0 Å². The molecule has 30 heavy (non-hydrogen) atoms. The fraction of sp³-hybridized carbons (Fsp3) is 0.273. The van der Waals surface area contributed by atoms with Gasteiger partial charge in [-0.15, -0.1) is 10.2 Å². The van der Waals surface area contributed by atoms with Gasteiger partial charge < -0.3 is 5.32 Å². The first kappa shape index (κ1) is 21.6. The normalized spacial score (nSPS) is 11.7. The Kier molecular flexibility index (Phi) is 6.89. The molecule has 2 aromatic carbocycles. The van der Waals surface area contributed by atoms with Gasteiger partial charge in [-0.3, -0.25) is 14.7 Å². The van der Waals surface area contributed by atoms with Crippen LogP contribution in [0.1, 0.15) is 29.4 Å². The van der Waals surface area contributed by atoms with Gasteiger partial charge in [-0.2, -0.15) is 0 Å². The maximum atomic E-state index is 12.3. The monoisotopic (exact) mass is 423 g/mol. The topological polar surface area (TPSA) is 88.9 Å². The third kappa shape index (κ3) is 5.07. The Bertz CT molecular complexity index is 1050. The number of benzene rings is 2. The van der Waals surface area contributed by atoms with Crippen molar-refractivity contribution in [1.82, 2.24) is 25.4 Å². The van der Waals surface area contributed by atoms with Crippen LogP contribution >= 0.6 is 11.8 Å². The van der Waals surface area contributed by atoms with Crippen LogP contribution in [-0.4, -0.2) is 39.0 Å².